The molecular weight excluding hydrogens is 474 g/mol. The molecule has 1 aromatic carbocycles. The monoisotopic (exact) mass is 493 g/mol. The Morgan fingerprint density at radius 3 is 2.67 bits per heavy atom. The van der Waals surface area contributed by atoms with Gasteiger partial charge in [-0.05, 0) is 30.5 Å². The number of hydrogen-bond acceptors (Lipinski definition) is 10. The van der Waals surface area contributed by atoms with Gasteiger partial charge in [-0.2, -0.15) is 15.0 Å². The molecule has 0 saturated carbocycles. The second-order valence-electron chi connectivity index (χ2n) is 6.96. The van der Waals surface area contributed by atoms with Gasteiger partial charge in [0, 0.05) is 28.1 Å². The lowest BCUT2D eigenvalue weighted by Crippen LogP contribution is -2.22. The largest absolute Gasteiger partial charge is 0.368 e. The maximum Gasteiger partial charge on any atom is 0.263 e. The number of hydrogen-bond donors (Lipinski definition) is 2. The number of nitrogen functional groups attached to an aromatic ring is 1. The summed E-state index contributed by atoms with van der Waals surface area (Å²) in [6.07, 6.45) is 0. The first-order valence-corrected chi connectivity index (χ1v) is 12.9. The fraction of sp³-hybridized carbons (Fsp3) is 0.136. The molecule has 0 unspecified atom stereocenters. The highest BCUT2D eigenvalue weighted by Gasteiger charge is 2.18. The molecule has 0 aliphatic carbocycles. The van der Waals surface area contributed by atoms with Gasteiger partial charge in [-0.1, -0.05) is 36.0 Å². The van der Waals surface area contributed by atoms with Crippen molar-refractivity contribution in [3.8, 4) is 10.4 Å². The van der Waals surface area contributed by atoms with Gasteiger partial charge in [0.05, 0.1) is 11.1 Å². The number of nitrogens with one attached hydrogen (secondary N) is 1. The first-order valence-electron chi connectivity index (χ1n) is 10.1. The molecule has 4 aromatic heterocycles. The molecule has 166 valence electrons. The number of thiophene rings is 2. The van der Waals surface area contributed by atoms with Crippen LogP contribution in [-0.2, 0) is 12.3 Å². The van der Waals surface area contributed by atoms with Crippen LogP contribution in [0.3, 0.4) is 0 Å². The van der Waals surface area contributed by atoms with Crippen LogP contribution >= 0.6 is 34.4 Å². The number of rotatable bonds is 7. The molecule has 5 rings (SSSR count). The average Bonchev–Trinajstić information content (AvgIpc) is 3.48. The molecule has 5 aromatic rings. The summed E-state index contributed by atoms with van der Waals surface area (Å²) in [5.41, 5.74) is 7.68. The molecule has 0 saturated heterocycles. The second-order valence-corrected chi connectivity index (χ2v) is 9.71. The molecule has 0 spiro atoms. The fourth-order valence-corrected chi connectivity index (χ4v) is 6.07. The van der Waals surface area contributed by atoms with E-state index in [4.69, 9.17) is 10.7 Å². The fourth-order valence-electron chi connectivity index (χ4n) is 3.35. The summed E-state index contributed by atoms with van der Waals surface area (Å²) in [6, 6.07) is 13.6. The highest BCUT2D eigenvalue weighted by Crippen LogP contribution is 2.34. The van der Waals surface area contributed by atoms with Gasteiger partial charge in [0.1, 0.15) is 10.7 Å². The number of anilines is 3. The van der Waals surface area contributed by atoms with Crippen LogP contribution in [0.4, 0.5) is 17.6 Å². The van der Waals surface area contributed by atoms with Crippen molar-refractivity contribution in [2.45, 2.75) is 24.4 Å². The summed E-state index contributed by atoms with van der Waals surface area (Å²) in [4.78, 5) is 32.8. The van der Waals surface area contributed by atoms with Gasteiger partial charge < -0.3 is 11.1 Å². The smallest absolute Gasteiger partial charge is 0.263 e. The van der Waals surface area contributed by atoms with Crippen molar-refractivity contribution in [1.82, 2.24) is 24.5 Å². The van der Waals surface area contributed by atoms with E-state index in [1.165, 1.54) is 23.1 Å². The zero-order chi connectivity index (χ0) is 22.8. The summed E-state index contributed by atoms with van der Waals surface area (Å²) in [5, 5.41) is 8.46. The maximum absolute atomic E-state index is 13.3. The van der Waals surface area contributed by atoms with Crippen LogP contribution in [0.25, 0.3) is 20.7 Å². The third-order valence-electron chi connectivity index (χ3n) is 4.82. The van der Waals surface area contributed by atoms with Crippen molar-refractivity contribution in [2.75, 3.05) is 11.1 Å². The van der Waals surface area contributed by atoms with Crippen LogP contribution < -0.4 is 16.6 Å². The molecule has 33 heavy (non-hydrogen) atoms. The minimum Gasteiger partial charge on any atom is -0.368 e. The molecule has 0 atom stereocenters. The van der Waals surface area contributed by atoms with Crippen molar-refractivity contribution in [3.63, 3.8) is 0 Å². The highest BCUT2D eigenvalue weighted by atomic mass is 32.2. The number of benzene rings is 1. The van der Waals surface area contributed by atoms with Crippen LogP contribution in [0.2, 0.25) is 0 Å². The molecular formula is C22H19N7OS3. The van der Waals surface area contributed by atoms with Gasteiger partial charge in [0.15, 0.2) is 5.16 Å². The van der Waals surface area contributed by atoms with E-state index in [1.54, 1.807) is 15.9 Å². The Kier molecular flexibility index (Phi) is 6.07. The van der Waals surface area contributed by atoms with E-state index >= 15 is 0 Å². The van der Waals surface area contributed by atoms with Crippen molar-refractivity contribution >= 4 is 62.2 Å². The number of nitrogens with two attached hydrogens (primary N) is 1. The first-order chi connectivity index (χ1) is 16.1. The van der Waals surface area contributed by atoms with Gasteiger partial charge in [-0.3, -0.25) is 9.36 Å². The molecule has 0 fully saturated rings. The third kappa shape index (κ3) is 4.47. The van der Waals surface area contributed by atoms with Gasteiger partial charge in [-0.25, -0.2) is 4.98 Å². The summed E-state index contributed by atoms with van der Waals surface area (Å²) in [5.74, 6) is 1.42. The minimum absolute atomic E-state index is 0.0313. The van der Waals surface area contributed by atoms with Crippen molar-refractivity contribution < 1.29 is 0 Å². The molecule has 0 amide bonds. The van der Waals surface area contributed by atoms with Crippen molar-refractivity contribution in [2.24, 2.45) is 0 Å². The Morgan fingerprint density at radius 2 is 1.91 bits per heavy atom. The molecule has 0 bridgehead atoms. The van der Waals surface area contributed by atoms with E-state index in [-0.39, 0.29) is 11.5 Å². The number of aromatic nitrogens is 5. The Labute approximate surface area is 201 Å². The predicted octanol–water partition coefficient (Wildman–Crippen LogP) is 5.01. The zero-order valence-corrected chi connectivity index (χ0v) is 20.0. The summed E-state index contributed by atoms with van der Waals surface area (Å²) in [6.45, 7) is 2.46. The van der Waals surface area contributed by atoms with E-state index in [9.17, 15) is 4.79 Å². The summed E-state index contributed by atoms with van der Waals surface area (Å²) in [7, 11) is 0. The SMILES string of the molecule is CCn1c(SCc2nc(N)nc(Nc3ccccc3)n2)nc2scc(-c3cccs3)c2c1=O. The lowest BCUT2D eigenvalue weighted by molar-refractivity contribution is 0.635. The Hall–Kier alpha value is -3.28. The first kappa shape index (κ1) is 21.6. The Balaban J connectivity index is 1.43. The number of fused-ring (bicyclic) bond motifs is 1. The number of thioether (sulfide) groups is 1. The van der Waals surface area contributed by atoms with Crippen LogP contribution in [0.5, 0.6) is 0 Å². The standard InChI is InChI=1S/C22H19N7OS3/c1-2-29-19(30)17-14(15-9-6-10-31-15)11-32-18(17)27-22(29)33-12-16-25-20(23)28-21(26-16)24-13-7-4-3-5-8-13/h3-11H,2,12H2,1H3,(H3,23,24,25,26,28). The number of nitrogens with zero attached hydrogens (tertiary/aromatic N) is 5. The molecule has 8 nitrogen and oxygen atoms in total. The van der Waals surface area contributed by atoms with Crippen LogP contribution in [-0.4, -0.2) is 24.5 Å². The highest BCUT2D eigenvalue weighted by molar-refractivity contribution is 7.98. The third-order valence-corrected chi connectivity index (χ3v) is 7.57. The van der Waals surface area contributed by atoms with E-state index in [2.05, 4.69) is 20.3 Å². The summed E-state index contributed by atoms with van der Waals surface area (Å²) >= 11 is 4.51. The van der Waals surface area contributed by atoms with Gasteiger partial charge in [-0.15, -0.1) is 22.7 Å². The topological polar surface area (TPSA) is 112 Å². The molecule has 11 heteroatoms. The normalized spacial score (nSPS) is 11.2. The van der Waals surface area contributed by atoms with E-state index < -0.39 is 0 Å². The number of para-hydroxylation sites is 1. The van der Waals surface area contributed by atoms with Crippen LogP contribution in [0, 0.1) is 0 Å². The zero-order valence-electron chi connectivity index (χ0n) is 17.6. The minimum atomic E-state index is -0.0313. The maximum atomic E-state index is 13.3. The predicted molar refractivity (Wildman–Crippen MR) is 136 cm³/mol. The van der Waals surface area contributed by atoms with Gasteiger partial charge in [0.25, 0.3) is 5.56 Å². The quantitative estimate of drug-likeness (QED) is 0.240. The molecule has 0 aliphatic heterocycles. The molecule has 0 aliphatic rings. The van der Waals surface area contributed by atoms with E-state index in [0.29, 0.717) is 34.6 Å². The lowest BCUT2D eigenvalue weighted by Gasteiger charge is -2.11. The van der Waals surface area contributed by atoms with Gasteiger partial charge in [0.2, 0.25) is 11.9 Å². The van der Waals surface area contributed by atoms with Gasteiger partial charge >= 0.3 is 0 Å². The Morgan fingerprint density at radius 1 is 1.06 bits per heavy atom. The van der Waals surface area contributed by atoms with Crippen molar-refractivity contribution in [3.05, 3.63) is 69.4 Å². The van der Waals surface area contributed by atoms with E-state index in [0.717, 1.165) is 21.0 Å². The molecule has 3 N–H and O–H groups in total. The molecule has 4 heterocycles. The van der Waals surface area contributed by atoms with Crippen molar-refractivity contribution in [1.29, 1.82) is 0 Å². The lowest BCUT2D eigenvalue weighted by atomic mass is 10.2. The summed E-state index contributed by atoms with van der Waals surface area (Å²) < 4.78 is 1.70. The van der Waals surface area contributed by atoms with Crippen LogP contribution in [0.15, 0.2) is 63.2 Å². The Bertz CT molecular complexity index is 1460. The van der Waals surface area contributed by atoms with Crippen LogP contribution in [0.1, 0.15) is 12.7 Å². The average molecular weight is 494 g/mol. The second kappa shape index (κ2) is 9.30. The molecule has 0 radical (unpaired) electrons. The van der Waals surface area contributed by atoms with E-state index in [1.807, 2.05) is 60.1 Å².